The van der Waals surface area contributed by atoms with E-state index in [9.17, 15) is 4.79 Å². The lowest BCUT2D eigenvalue weighted by molar-refractivity contribution is -0.123. The van der Waals surface area contributed by atoms with E-state index in [1.165, 1.54) is 29.5 Å². The van der Waals surface area contributed by atoms with E-state index in [1.807, 2.05) is 12.1 Å². The second-order valence-corrected chi connectivity index (χ2v) is 7.87. The van der Waals surface area contributed by atoms with Crippen LogP contribution in [0, 0.1) is 0 Å². The van der Waals surface area contributed by atoms with E-state index in [-0.39, 0.29) is 12.5 Å². The second kappa shape index (κ2) is 9.90. The summed E-state index contributed by atoms with van der Waals surface area (Å²) in [5.74, 6) is 0.779. The summed E-state index contributed by atoms with van der Waals surface area (Å²) in [6.07, 6.45) is 4.59. The molecule has 0 spiro atoms. The Morgan fingerprint density at radius 3 is 2.72 bits per heavy atom. The smallest absolute Gasteiger partial charge is 0.258 e. The fourth-order valence-corrected chi connectivity index (χ4v) is 4.13. The van der Waals surface area contributed by atoms with Crippen LogP contribution in [0.15, 0.2) is 42.5 Å². The predicted molar refractivity (Wildman–Crippen MR) is 113 cm³/mol. The standard InChI is InChI=1S/C24H30N2O3/c27-24(18-29-23-10-4-8-21-7-1-2-9-22(21)23)25-16-19-5-3-6-20(15-19)17-26-11-13-28-14-12-26/h3-6,8,10,15H,1-2,7,9,11-14,16-18H2,(H,25,27). The largest absolute Gasteiger partial charge is 0.483 e. The molecule has 2 aliphatic rings. The van der Waals surface area contributed by atoms with E-state index in [0.29, 0.717) is 6.54 Å². The van der Waals surface area contributed by atoms with Gasteiger partial charge in [0.2, 0.25) is 0 Å². The Bertz CT molecular complexity index is 831. The molecule has 1 heterocycles. The van der Waals surface area contributed by atoms with Crippen molar-refractivity contribution in [3.63, 3.8) is 0 Å². The summed E-state index contributed by atoms with van der Waals surface area (Å²) >= 11 is 0. The number of amides is 1. The van der Waals surface area contributed by atoms with Crippen LogP contribution in [0.3, 0.4) is 0 Å². The summed E-state index contributed by atoms with van der Waals surface area (Å²) in [7, 11) is 0. The maximum Gasteiger partial charge on any atom is 0.258 e. The average molecular weight is 395 g/mol. The highest BCUT2D eigenvalue weighted by Crippen LogP contribution is 2.29. The van der Waals surface area contributed by atoms with Gasteiger partial charge in [-0.2, -0.15) is 0 Å². The number of carbonyl (C=O) groups is 1. The zero-order valence-electron chi connectivity index (χ0n) is 17.0. The van der Waals surface area contributed by atoms with Gasteiger partial charge in [0, 0.05) is 26.2 Å². The third-order valence-electron chi connectivity index (χ3n) is 5.70. The van der Waals surface area contributed by atoms with Crippen LogP contribution in [0.25, 0.3) is 0 Å². The van der Waals surface area contributed by atoms with Crippen LogP contribution in [0.2, 0.25) is 0 Å². The average Bonchev–Trinajstić information content (AvgIpc) is 2.77. The van der Waals surface area contributed by atoms with Gasteiger partial charge in [-0.15, -0.1) is 0 Å². The van der Waals surface area contributed by atoms with Crippen LogP contribution in [-0.4, -0.2) is 43.7 Å². The zero-order valence-corrected chi connectivity index (χ0v) is 17.0. The highest BCUT2D eigenvalue weighted by Gasteiger charge is 2.15. The van der Waals surface area contributed by atoms with Gasteiger partial charge < -0.3 is 14.8 Å². The minimum atomic E-state index is -0.0861. The summed E-state index contributed by atoms with van der Waals surface area (Å²) in [5.41, 5.74) is 5.03. The van der Waals surface area contributed by atoms with Crippen molar-refractivity contribution >= 4 is 5.91 Å². The van der Waals surface area contributed by atoms with Crippen LogP contribution in [-0.2, 0) is 35.5 Å². The number of ether oxygens (including phenoxy) is 2. The van der Waals surface area contributed by atoms with Crippen molar-refractivity contribution in [1.82, 2.24) is 10.2 Å². The maximum atomic E-state index is 12.3. The molecule has 4 rings (SSSR count). The van der Waals surface area contributed by atoms with E-state index in [4.69, 9.17) is 9.47 Å². The molecule has 0 radical (unpaired) electrons. The molecule has 1 fully saturated rings. The van der Waals surface area contributed by atoms with Gasteiger partial charge >= 0.3 is 0 Å². The highest BCUT2D eigenvalue weighted by molar-refractivity contribution is 5.77. The first-order valence-corrected chi connectivity index (χ1v) is 10.7. The Labute approximate surface area is 173 Å². The predicted octanol–water partition coefficient (Wildman–Crippen LogP) is 3.09. The molecule has 0 atom stereocenters. The summed E-state index contributed by atoms with van der Waals surface area (Å²) in [6.45, 7) is 5.06. The van der Waals surface area contributed by atoms with Gasteiger partial charge in [0.05, 0.1) is 13.2 Å². The van der Waals surface area contributed by atoms with E-state index in [0.717, 1.165) is 57.0 Å². The Kier molecular flexibility index (Phi) is 6.80. The molecule has 1 aliphatic carbocycles. The van der Waals surface area contributed by atoms with E-state index in [2.05, 4.69) is 40.5 Å². The molecule has 0 saturated carbocycles. The van der Waals surface area contributed by atoms with E-state index >= 15 is 0 Å². The Morgan fingerprint density at radius 1 is 1.03 bits per heavy atom. The molecular formula is C24H30N2O3. The van der Waals surface area contributed by atoms with E-state index in [1.54, 1.807) is 0 Å². The number of rotatable bonds is 7. The third kappa shape index (κ3) is 5.58. The van der Waals surface area contributed by atoms with Crippen LogP contribution >= 0.6 is 0 Å². The number of nitrogens with zero attached hydrogens (tertiary/aromatic N) is 1. The number of nitrogens with one attached hydrogen (secondary N) is 1. The Balaban J connectivity index is 1.26. The molecule has 1 amide bonds. The van der Waals surface area contributed by atoms with Crippen molar-refractivity contribution < 1.29 is 14.3 Å². The molecule has 2 aromatic carbocycles. The van der Waals surface area contributed by atoms with Gasteiger partial charge in [0.25, 0.3) is 5.91 Å². The van der Waals surface area contributed by atoms with Gasteiger partial charge in [-0.25, -0.2) is 0 Å². The van der Waals surface area contributed by atoms with Crippen LogP contribution in [0.1, 0.15) is 35.1 Å². The topological polar surface area (TPSA) is 50.8 Å². The lowest BCUT2D eigenvalue weighted by atomic mass is 9.91. The molecular weight excluding hydrogens is 364 g/mol. The van der Waals surface area contributed by atoms with Crippen molar-refractivity contribution in [1.29, 1.82) is 0 Å². The molecule has 1 N–H and O–H groups in total. The number of aryl methyl sites for hydroxylation is 1. The van der Waals surface area contributed by atoms with Gasteiger partial charge in [-0.1, -0.05) is 36.4 Å². The first-order chi connectivity index (χ1) is 14.3. The number of fused-ring (bicyclic) bond motifs is 1. The molecule has 0 bridgehead atoms. The number of morpholine rings is 1. The van der Waals surface area contributed by atoms with Crippen molar-refractivity contribution in [3.8, 4) is 5.75 Å². The summed E-state index contributed by atoms with van der Waals surface area (Å²) in [6, 6.07) is 14.6. The lowest BCUT2D eigenvalue weighted by Gasteiger charge is -2.26. The minimum Gasteiger partial charge on any atom is -0.483 e. The second-order valence-electron chi connectivity index (χ2n) is 7.87. The zero-order chi connectivity index (χ0) is 19.9. The Hall–Kier alpha value is -2.37. The fourth-order valence-electron chi connectivity index (χ4n) is 4.13. The minimum absolute atomic E-state index is 0.0594. The maximum absolute atomic E-state index is 12.3. The van der Waals surface area contributed by atoms with Crippen molar-refractivity contribution in [2.45, 2.75) is 38.8 Å². The molecule has 5 nitrogen and oxygen atoms in total. The van der Waals surface area contributed by atoms with Crippen LogP contribution < -0.4 is 10.1 Å². The molecule has 5 heteroatoms. The number of hydrogen-bond acceptors (Lipinski definition) is 4. The van der Waals surface area contributed by atoms with Crippen molar-refractivity contribution in [2.24, 2.45) is 0 Å². The normalized spacial score (nSPS) is 16.8. The van der Waals surface area contributed by atoms with Gasteiger partial charge in [0.1, 0.15) is 5.75 Å². The van der Waals surface area contributed by atoms with Gasteiger partial charge in [-0.3, -0.25) is 9.69 Å². The molecule has 0 unspecified atom stereocenters. The molecule has 0 aromatic heterocycles. The molecule has 2 aromatic rings. The number of hydrogen-bond donors (Lipinski definition) is 1. The summed E-state index contributed by atoms with van der Waals surface area (Å²) in [4.78, 5) is 14.7. The van der Waals surface area contributed by atoms with Crippen LogP contribution in [0.5, 0.6) is 5.75 Å². The van der Waals surface area contributed by atoms with Gasteiger partial charge in [0.15, 0.2) is 6.61 Å². The summed E-state index contributed by atoms with van der Waals surface area (Å²) in [5, 5.41) is 2.98. The number of benzene rings is 2. The van der Waals surface area contributed by atoms with Crippen molar-refractivity contribution in [2.75, 3.05) is 32.9 Å². The number of carbonyl (C=O) groups excluding carboxylic acids is 1. The van der Waals surface area contributed by atoms with E-state index < -0.39 is 0 Å². The van der Waals surface area contributed by atoms with Crippen molar-refractivity contribution in [3.05, 3.63) is 64.7 Å². The molecule has 154 valence electrons. The van der Waals surface area contributed by atoms with Crippen LogP contribution in [0.4, 0.5) is 0 Å². The first-order valence-electron chi connectivity index (χ1n) is 10.7. The summed E-state index contributed by atoms with van der Waals surface area (Å²) < 4.78 is 11.3. The lowest BCUT2D eigenvalue weighted by Crippen LogP contribution is -2.35. The van der Waals surface area contributed by atoms with Gasteiger partial charge in [-0.05, 0) is 54.0 Å². The fraction of sp³-hybridized carbons (Fsp3) is 0.458. The molecule has 1 saturated heterocycles. The quantitative estimate of drug-likeness (QED) is 0.784. The molecule has 29 heavy (non-hydrogen) atoms. The first kappa shape index (κ1) is 19.9. The monoisotopic (exact) mass is 394 g/mol. The molecule has 1 aliphatic heterocycles. The highest BCUT2D eigenvalue weighted by atomic mass is 16.5. The third-order valence-corrected chi connectivity index (χ3v) is 5.70. The SMILES string of the molecule is O=C(COc1cccc2c1CCCC2)NCc1cccc(CN2CCOCC2)c1. The Morgan fingerprint density at radius 2 is 1.83 bits per heavy atom.